The summed E-state index contributed by atoms with van der Waals surface area (Å²) in [5, 5.41) is 4.10. The lowest BCUT2D eigenvalue weighted by atomic mass is 10.2. The Labute approximate surface area is 111 Å². The summed E-state index contributed by atoms with van der Waals surface area (Å²) < 4.78 is 19.0. The number of para-hydroxylation sites is 1. The minimum absolute atomic E-state index is 0.308. The van der Waals surface area contributed by atoms with E-state index in [4.69, 9.17) is 4.74 Å². The minimum Gasteiger partial charge on any atom is -0.381 e. The zero-order valence-corrected chi connectivity index (χ0v) is 10.8. The van der Waals surface area contributed by atoms with Gasteiger partial charge in [0.05, 0.1) is 6.10 Å². The molecule has 0 saturated heterocycles. The molecule has 1 aromatic heterocycles. The summed E-state index contributed by atoms with van der Waals surface area (Å²) >= 11 is 0. The highest BCUT2D eigenvalue weighted by Gasteiger charge is 2.25. The number of benzene rings is 1. The number of nitrogens with one attached hydrogen (secondary N) is 1. The largest absolute Gasteiger partial charge is 0.381 e. The van der Waals surface area contributed by atoms with E-state index in [-0.39, 0.29) is 5.82 Å². The van der Waals surface area contributed by atoms with Gasteiger partial charge in [-0.3, -0.25) is 0 Å². The predicted octanol–water partition coefficient (Wildman–Crippen LogP) is 2.75. The molecule has 1 aliphatic rings. The smallest absolute Gasteiger partial charge is 0.149 e. The van der Waals surface area contributed by atoms with Crippen LogP contribution in [0.15, 0.2) is 24.5 Å². The normalized spacial score (nSPS) is 22.8. The Kier molecular flexibility index (Phi) is 3.29. The quantitative estimate of drug-likeness (QED) is 0.923. The Morgan fingerprint density at radius 3 is 3.00 bits per heavy atom. The molecule has 0 amide bonds. The summed E-state index contributed by atoms with van der Waals surface area (Å²) in [5.41, 5.74) is 0.362. The van der Waals surface area contributed by atoms with Crippen molar-refractivity contribution in [3.63, 3.8) is 0 Å². The van der Waals surface area contributed by atoms with Gasteiger partial charge in [0.15, 0.2) is 0 Å². The Balaban J connectivity index is 1.87. The highest BCUT2D eigenvalue weighted by atomic mass is 19.1. The van der Waals surface area contributed by atoms with Gasteiger partial charge in [-0.25, -0.2) is 14.4 Å². The Hall–Kier alpha value is -1.75. The van der Waals surface area contributed by atoms with Crippen molar-refractivity contribution in [2.75, 3.05) is 12.4 Å². The maximum Gasteiger partial charge on any atom is 0.149 e. The number of hydrogen-bond acceptors (Lipinski definition) is 4. The molecular weight excluding hydrogens is 245 g/mol. The van der Waals surface area contributed by atoms with Crippen LogP contribution in [0.1, 0.15) is 19.3 Å². The van der Waals surface area contributed by atoms with Crippen molar-refractivity contribution in [2.24, 2.45) is 0 Å². The molecule has 100 valence electrons. The standard InChI is InChI=1S/C14H16FN3O/c1-19-10-6-5-9(7-10)18-14-11-3-2-4-12(15)13(11)16-8-17-14/h2-4,8-10H,5-7H2,1H3,(H,16,17,18). The van der Waals surface area contributed by atoms with E-state index in [1.807, 2.05) is 6.07 Å². The number of methoxy groups -OCH3 is 1. The van der Waals surface area contributed by atoms with E-state index < -0.39 is 0 Å². The molecule has 5 heteroatoms. The highest BCUT2D eigenvalue weighted by Crippen LogP contribution is 2.27. The molecule has 1 saturated carbocycles. The predicted molar refractivity (Wildman–Crippen MR) is 71.6 cm³/mol. The monoisotopic (exact) mass is 261 g/mol. The second-order valence-corrected chi connectivity index (χ2v) is 4.87. The van der Waals surface area contributed by atoms with Crippen LogP contribution < -0.4 is 5.32 Å². The lowest BCUT2D eigenvalue weighted by Gasteiger charge is -2.15. The molecule has 2 atom stereocenters. The first kappa shape index (κ1) is 12.3. The van der Waals surface area contributed by atoms with Crippen molar-refractivity contribution < 1.29 is 9.13 Å². The fraction of sp³-hybridized carbons (Fsp3) is 0.429. The van der Waals surface area contributed by atoms with Crippen LogP contribution in [0.25, 0.3) is 10.9 Å². The SMILES string of the molecule is COC1CCC(Nc2ncnc3c(F)cccc23)C1. The third kappa shape index (κ3) is 2.38. The Morgan fingerprint density at radius 2 is 2.21 bits per heavy atom. The third-order valence-corrected chi connectivity index (χ3v) is 3.67. The van der Waals surface area contributed by atoms with Crippen LogP contribution >= 0.6 is 0 Å². The number of rotatable bonds is 3. The van der Waals surface area contributed by atoms with Gasteiger partial charge in [0.1, 0.15) is 23.5 Å². The summed E-state index contributed by atoms with van der Waals surface area (Å²) in [7, 11) is 1.74. The molecule has 3 rings (SSSR count). The van der Waals surface area contributed by atoms with Gasteiger partial charge >= 0.3 is 0 Å². The van der Waals surface area contributed by atoms with Crippen LogP contribution in [0.5, 0.6) is 0 Å². The van der Waals surface area contributed by atoms with Gasteiger partial charge in [-0.1, -0.05) is 6.07 Å². The number of halogens is 1. The van der Waals surface area contributed by atoms with Crippen molar-refractivity contribution in [1.82, 2.24) is 9.97 Å². The van der Waals surface area contributed by atoms with Gasteiger partial charge in [-0.05, 0) is 31.4 Å². The average molecular weight is 261 g/mol. The molecule has 4 nitrogen and oxygen atoms in total. The summed E-state index contributed by atoms with van der Waals surface area (Å²) in [6.45, 7) is 0. The number of nitrogens with zero attached hydrogens (tertiary/aromatic N) is 2. The lowest BCUT2D eigenvalue weighted by Crippen LogP contribution is -2.18. The molecule has 2 unspecified atom stereocenters. The molecule has 1 fully saturated rings. The zero-order chi connectivity index (χ0) is 13.2. The first-order valence-electron chi connectivity index (χ1n) is 6.46. The van der Waals surface area contributed by atoms with Crippen molar-refractivity contribution in [3.05, 3.63) is 30.3 Å². The van der Waals surface area contributed by atoms with E-state index in [0.29, 0.717) is 23.5 Å². The van der Waals surface area contributed by atoms with E-state index in [2.05, 4.69) is 15.3 Å². The first-order chi connectivity index (χ1) is 9.28. The summed E-state index contributed by atoms with van der Waals surface area (Å²) in [5.74, 6) is 0.385. The van der Waals surface area contributed by atoms with Crippen molar-refractivity contribution >= 4 is 16.7 Å². The lowest BCUT2D eigenvalue weighted by molar-refractivity contribution is 0.108. The van der Waals surface area contributed by atoms with Crippen molar-refractivity contribution in [1.29, 1.82) is 0 Å². The van der Waals surface area contributed by atoms with Crippen LogP contribution in [0.3, 0.4) is 0 Å². The molecule has 0 aliphatic heterocycles. The summed E-state index contributed by atoms with van der Waals surface area (Å²) in [6.07, 6.45) is 4.75. The zero-order valence-electron chi connectivity index (χ0n) is 10.8. The van der Waals surface area contributed by atoms with Crippen molar-refractivity contribution in [2.45, 2.75) is 31.4 Å². The topological polar surface area (TPSA) is 47.0 Å². The van der Waals surface area contributed by atoms with E-state index >= 15 is 0 Å². The fourth-order valence-electron chi connectivity index (χ4n) is 2.65. The molecule has 0 spiro atoms. The third-order valence-electron chi connectivity index (χ3n) is 3.67. The summed E-state index contributed by atoms with van der Waals surface area (Å²) in [4.78, 5) is 8.23. The van der Waals surface area contributed by atoms with Crippen LogP contribution in [0, 0.1) is 5.82 Å². The van der Waals surface area contributed by atoms with Crippen LogP contribution in [-0.2, 0) is 4.74 Å². The van der Waals surface area contributed by atoms with Gasteiger partial charge < -0.3 is 10.1 Å². The Morgan fingerprint density at radius 1 is 1.32 bits per heavy atom. The number of anilines is 1. The fourth-order valence-corrected chi connectivity index (χ4v) is 2.65. The van der Waals surface area contributed by atoms with Crippen LogP contribution in [-0.4, -0.2) is 29.2 Å². The maximum absolute atomic E-state index is 13.7. The van der Waals surface area contributed by atoms with Gasteiger partial charge in [0.25, 0.3) is 0 Å². The number of ether oxygens (including phenoxy) is 1. The first-order valence-corrected chi connectivity index (χ1v) is 6.46. The molecule has 1 aromatic carbocycles. The molecular formula is C14H16FN3O. The number of fused-ring (bicyclic) bond motifs is 1. The van der Waals surface area contributed by atoms with Crippen LogP contribution in [0.2, 0.25) is 0 Å². The maximum atomic E-state index is 13.7. The molecule has 1 aliphatic carbocycles. The van der Waals surface area contributed by atoms with E-state index in [1.165, 1.54) is 12.4 Å². The Bertz CT molecular complexity index is 590. The molecule has 2 aromatic rings. The van der Waals surface area contributed by atoms with Crippen molar-refractivity contribution in [3.8, 4) is 0 Å². The molecule has 19 heavy (non-hydrogen) atoms. The molecule has 1 N–H and O–H groups in total. The molecule has 0 bridgehead atoms. The highest BCUT2D eigenvalue weighted by molar-refractivity contribution is 5.89. The number of aromatic nitrogens is 2. The second kappa shape index (κ2) is 5.09. The van der Waals surface area contributed by atoms with Gasteiger partial charge in [0, 0.05) is 18.5 Å². The van der Waals surface area contributed by atoms with Gasteiger partial charge in [-0.2, -0.15) is 0 Å². The van der Waals surface area contributed by atoms with E-state index in [0.717, 1.165) is 24.6 Å². The van der Waals surface area contributed by atoms with Crippen LogP contribution in [0.4, 0.5) is 10.2 Å². The van der Waals surface area contributed by atoms with E-state index in [1.54, 1.807) is 13.2 Å². The number of hydrogen-bond donors (Lipinski definition) is 1. The molecule has 1 heterocycles. The molecule has 0 radical (unpaired) electrons. The van der Waals surface area contributed by atoms with Gasteiger partial charge in [-0.15, -0.1) is 0 Å². The average Bonchev–Trinajstić information content (AvgIpc) is 2.88. The van der Waals surface area contributed by atoms with Gasteiger partial charge in [0.2, 0.25) is 0 Å². The van der Waals surface area contributed by atoms with E-state index in [9.17, 15) is 4.39 Å². The second-order valence-electron chi connectivity index (χ2n) is 4.87. The minimum atomic E-state index is -0.316. The summed E-state index contributed by atoms with van der Waals surface area (Å²) in [6, 6.07) is 5.25.